The van der Waals surface area contributed by atoms with Gasteiger partial charge in [-0.05, 0) is 60.4 Å². The van der Waals surface area contributed by atoms with E-state index in [9.17, 15) is 14.7 Å². The van der Waals surface area contributed by atoms with E-state index in [1.165, 1.54) is 5.57 Å². The average Bonchev–Trinajstić information content (AvgIpc) is 3.34. The average molecular weight is 454 g/mol. The van der Waals surface area contributed by atoms with Gasteiger partial charge in [-0.3, -0.25) is 4.79 Å². The Labute approximate surface area is 193 Å². The fourth-order valence-electron chi connectivity index (χ4n) is 4.93. The van der Waals surface area contributed by atoms with Gasteiger partial charge in [0.1, 0.15) is 0 Å². The first-order chi connectivity index (χ1) is 15.4. The molecule has 0 fully saturated rings. The van der Waals surface area contributed by atoms with E-state index in [4.69, 9.17) is 17.3 Å². The summed E-state index contributed by atoms with van der Waals surface area (Å²) in [4.78, 5) is 26.6. The van der Waals surface area contributed by atoms with Crippen LogP contribution in [-0.4, -0.2) is 47.6 Å². The van der Waals surface area contributed by atoms with Gasteiger partial charge in [-0.25, -0.2) is 4.79 Å². The molecule has 2 aromatic carbocycles. The van der Waals surface area contributed by atoms with Crippen LogP contribution in [0.15, 0.2) is 59.8 Å². The van der Waals surface area contributed by atoms with E-state index in [0.717, 1.165) is 23.2 Å². The van der Waals surface area contributed by atoms with E-state index in [-0.39, 0.29) is 29.3 Å². The SMILES string of the molecule is CCC1NC2=C(CN(C(=O)C(CCN)c3cccc(Cl)c3)C2)C1c1ccc(C(=O)O)cc1. The Morgan fingerprint density at radius 1 is 1.22 bits per heavy atom. The summed E-state index contributed by atoms with van der Waals surface area (Å²) in [5.41, 5.74) is 10.4. The van der Waals surface area contributed by atoms with Crippen molar-refractivity contribution >= 4 is 23.5 Å². The third-order valence-electron chi connectivity index (χ3n) is 6.51. The van der Waals surface area contributed by atoms with Crippen molar-refractivity contribution in [3.63, 3.8) is 0 Å². The minimum atomic E-state index is -0.933. The van der Waals surface area contributed by atoms with Crippen LogP contribution in [0.5, 0.6) is 0 Å². The molecule has 0 radical (unpaired) electrons. The Bertz CT molecular complexity index is 1050. The van der Waals surface area contributed by atoms with Gasteiger partial charge in [0.2, 0.25) is 5.91 Å². The number of benzene rings is 2. The number of carbonyl (C=O) groups excluding carboxylic acids is 1. The molecule has 0 aromatic heterocycles. The molecule has 1 amide bonds. The molecule has 32 heavy (non-hydrogen) atoms. The normalized spacial score (nSPS) is 20.8. The molecular weight excluding hydrogens is 426 g/mol. The lowest BCUT2D eigenvalue weighted by Crippen LogP contribution is -2.39. The zero-order chi connectivity index (χ0) is 22.8. The van der Waals surface area contributed by atoms with Gasteiger partial charge >= 0.3 is 5.97 Å². The summed E-state index contributed by atoms with van der Waals surface area (Å²) in [6, 6.07) is 14.8. The molecule has 168 valence electrons. The third-order valence-corrected chi connectivity index (χ3v) is 6.74. The monoisotopic (exact) mass is 453 g/mol. The van der Waals surface area contributed by atoms with Crippen molar-refractivity contribution in [2.24, 2.45) is 5.73 Å². The second-order valence-corrected chi connectivity index (χ2v) is 8.88. The zero-order valence-electron chi connectivity index (χ0n) is 18.1. The molecule has 7 heteroatoms. The number of nitrogens with zero attached hydrogens (tertiary/aromatic N) is 1. The van der Waals surface area contributed by atoms with E-state index in [1.807, 2.05) is 35.2 Å². The van der Waals surface area contributed by atoms with Crippen LogP contribution in [-0.2, 0) is 4.79 Å². The van der Waals surface area contributed by atoms with Crippen LogP contribution in [0.1, 0.15) is 53.1 Å². The molecule has 2 heterocycles. The molecule has 0 spiro atoms. The highest BCUT2D eigenvalue weighted by Crippen LogP contribution is 2.41. The van der Waals surface area contributed by atoms with Crippen LogP contribution in [0, 0.1) is 0 Å². The molecule has 2 aliphatic heterocycles. The highest BCUT2D eigenvalue weighted by atomic mass is 35.5. The van der Waals surface area contributed by atoms with Gasteiger partial charge in [0.25, 0.3) is 0 Å². The van der Waals surface area contributed by atoms with Gasteiger partial charge in [0.15, 0.2) is 0 Å². The summed E-state index contributed by atoms with van der Waals surface area (Å²) in [6.45, 7) is 3.66. The molecule has 6 nitrogen and oxygen atoms in total. The van der Waals surface area contributed by atoms with Crippen LogP contribution in [0.2, 0.25) is 5.02 Å². The maximum Gasteiger partial charge on any atom is 0.335 e. The van der Waals surface area contributed by atoms with E-state index in [2.05, 4.69) is 12.2 Å². The van der Waals surface area contributed by atoms with Gasteiger partial charge in [-0.1, -0.05) is 42.8 Å². The predicted molar refractivity (Wildman–Crippen MR) is 125 cm³/mol. The second-order valence-electron chi connectivity index (χ2n) is 8.45. The molecule has 0 saturated heterocycles. The van der Waals surface area contributed by atoms with Crippen molar-refractivity contribution in [2.45, 2.75) is 37.6 Å². The molecule has 0 saturated carbocycles. The summed E-state index contributed by atoms with van der Waals surface area (Å²) in [5.74, 6) is -1.08. The van der Waals surface area contributed by atoms with Crippen molar-refractivity contribution < 1.29 is 14.7 Å². The van der Waals surface area contributed by atoms with Gasteiger partial charge in [0, 0.05) is 29.2 Å². The number of rotatable bonds is 7. The highest BCUT2D eigenvalue weighted by Gasteiger charge is 2.41. The topological polar surface area (TPSA) is 95.7 Å². The van der Waals surface area contributed by atoms with Gasteiger partial charge in [0.05, 0.1) is 18.0 Å². The summed E-state index contributed by atoms with van der Waals surface area (Å²) in [7, 11) is 0. The van der Waals surface area contributed by atoms with Crippen molar-refractivity contribution in [3.05, 3.63) is 81.5 Å². The summed E-state index contributed by atoms with van der Waals surface area (Å²) in [5, 5.41) is 13.4. The highest BCUT2D eigenvalue weighted by molar-refractivity contribution is 6.30. The van der Waals surface area contributed by atoms with Crippen LogP contribution in [0.3, 0.4) is 0 Å². The second kappa shape index (κ2) is 9.35. The number of hydrogen-bond donors (Lipinski definition) is 3. The molecule has 4 rings (SSSR count). The molecule has 0 bridgehead atoms. The minimum Gasteiger partial charge on any atom is -0.478 e. The molecule has 2 aromatic rings. The lowest BCUT2D eigenvalue weighted by Gasteiger charge is -2.29. The number of nitrogens with one attached hydrogen (secondary N) is 1. The van der Waals surface area contributed by atoms with Crippen LogP contribution in [0.25, 0.3) is 0 Å². The first-order valence-corrected chi connectivity index (χ1v) is 11.4. The molecular formula is C25H28ClN3O3. The van der Waals surface area contributed by atoms with Gasteiger partial charge < -0.3 is 21.1 Å². The molecule has 3 atom stereocenters. The molecule has 2 aliphatic rings. The zero-order valence-corrected chi connectivity index (χ0v) is 18.8. The van der Waals surface area contributed by atoms with Crippen molar-refractivity contribution in [2.75, 3.05) is 19.6 Å². The van der Waals surface area contributed by atoms with Gasteiger partial charge in [-0.15, -0.1) is 0 Å². The Hall–Kier alpha value is -2.83. The Morgan fingerprint density at radius 2 is 1.97 bits per heavy atom. The number of halogens is 1. The maximum atomic E-state index is 13.5. The number of amides is 1. The fourth-order valence-corrected chi connectivity index (χ4v) is 5.13. The largest absolute Gasteiger partial charge is 0.478 e. The molecule has 3 unspecified atom stereocenters. The Kier molecular flexibility index (Phi) is 6.53. The lowest BCUT2D eigenvalue weighted by molar-refractivity contribution is -0.131. The first kappa shape index (κ1) is 22.4. The van der Waals surface area contributed by atoms with E-state index >= 15 is 0 Å². The molecule has 0 aliphatic carbocycles. The number of carboxylic acid groups (broad SMARTS) is 1. The van der Waals surface area contributed by atoms with Crippen LogP contribution < -0.4 is 11.1 Å². The summed E-state index contributed by atoms with van der Waals surface area (Å²) in [6.07, 6.45) is 1.50. The minimum absolute atomic E-state index is 0.0574. The Balaban J connectivity index is 1.56. The standard InChI is InChI=1S/C25H28ClN3O3/c1-2-21-23(15-6-8-16(9-7-15)25(31)32)20-13-29(14-22(20)28-21)24(30)19(10-11-27)17-4-3-5-18(26)12-17/h3-9,12,19,21,23,28H,2,10-11,13-14,27H2,1H3,(H,31,32). The van der Waals surface area contributed by atoms with Crippen molar-refractivity contribution in [1.29, 1.82) is 0 Å². The van der Waals surface area contributed by atoms with E-state index < -0.39 is 5.97 Å². The quantitative estimate of drug-likeness (QED) is 0.593. The smallest absolute Gasteiger partial charge is 0.335 e. The van der Waals surface area contributed by atoms with Crippen LogP contribution >= 0.6 is 11.6 Å². The van der Waals surface area contributed by atoms with Crippen molar-refractivity contribution in [1.82, 2.24) is 10.2 Å². The number of hydrogen-bond acceptors (Lipinski definition) is 4. The van der Waals surface area contributed by atoms with Gasteiger partial charge in [-0.2, -0.15) is 0 Å². The van der Waals surface area contributed by atoms with Crippen LogP contribution in [0.4, 0.5) is 0 Å². The third kappa shape index (κ3) is 4.25. The fraction of sp³-hybridized carbons (Fsp3) is 0.360. The van der Waals surface area contributed by atoms with E-state index in [1.54, 1.807) is 18.2 Å². The van der Waals surface area contributed by atoms with E-state index in [0.29, 0.717) is 31.1 Å². The maximum absolute atomic E-state index is 13.5. The lowest BCUT2D eigenvalue weighted by atomic mass is 9.85. The predicted octanol–water partition coefficient (Wildman–Crippen LogP) is 3.73. The first-order valence-electron chi connectivity index (χ1n) is 11.0. The number of carboxylic acids is 1. The van der Waals surface area contributed by atoms with Crippen molar-refractivity contribution in [3.8, 4) is 0 Å². The molecule has 4 N–H and O–H groups in total. The summed E-state index contributed by atoms with van der Waals surface area (Å²) < 4.78 is 0. The number of nitrogens with two attached hydrogens (primary N) is 1. The Morgan fingerprint density at radius 3 is 2.59 bits per heavy atom. The number of aromatic carboxylic acids is 1. The summed E-state index contributed by atoms with van der Waals surface area (Å²) >= 11 is 6.17. The number of carbonyl (C=O) groups is 2.